The average molecular weight is 394 g/mol. The highest BCUT2D eigenvalue weighted by Gasteiger charge is 2.10. The molecule has 0 atom stereocenters. The third-order valence-electron chi connectivity index (χ3n) is 4.22. The Kier molecular flexibility index (Phi) is 4.67. The smallest absolute Gasteiger partial charge is 0.255 e. The molecule has 138 valence electrons. The van der Waals surface area contributed by atoms with E-state index in [2.05, 4.69) is 5.32 Å². The second kappa shape index (κ2) is 7.29. The number of nitrogens with one attached hydrogen (secondary N) is 1. The molecular formula is C22H13ClFNO3. The summed E-state index contributed by atoms with van der Waals surface area (Å²) in [6.07, 6.45) is 0. The van der Waals surface area contributed by atoms with Crippen molar-refractivity contribution >= 4 is 34.2 Å². The fourth-order valence-corrected chi connectivity index (χ4v) is 2.92. The van der Waals surface area contributed by atoms with Gasteiger partial charge in [-0.15, -0.1) is 0 Å². The van der Waals surface area contributed by atoms with Crippen LogP contribution in [0.3, 0.4) is 0 Å². The molecule has 0 saturated carbocycles. The molecule has 0 saturated heterocycles. The summed E-state index contributed by atoms with van der Waals surface area (Å²) in [6, 6.07) is 18.3. The number of halogens is 2. The molecule has 28 heavy (non-hydrogen) atoms. The van der Waals surface area contributed by atoms with Crippen LogP contribution in [0.15, 0.2) is 82.0 Å². The van der Waals surface area contributed by atoms with Crippen LogP contribution >= 0.6 is 11.6 Å². The molecule has 0 bridgehead atoms. The van der Waals surface area contributed by atoms with Crippen LogP contribution in [-0.4, -0.2) is 5.91 Å². The highest BCUT2D eigenvalue weighted by molar-refractivity contribution is 6.30. The van der Waals surface area contributed by atoms with E-state index in [1.54, 1.807) is 54.6 Å². The molecular weight excluding hydrogens is 381 g/mol. The summed E-state index contributed by atoms with van der Waals surface area (Å²) in [5.74, 6) is -0.341. The Morgan fingerprint density at radius 1 is 0.929 bits per heavy atom. The van der Waals surface area contributed by atoms with Gasteiger partial charge in [0.25, 0.3) is 5.91 Å². The van der Waals surface area contributed by atoms with Crippen LogP contribution in [0.4, 0.5) is 10.1 Å². The number of carbonyl (C=O) groups is 1. The summed E-state index contributed by atoms with van der Waals surface area (Å²) in [4.78, 5) is 24.9. The molecule has 6 heteroatoms. The van der Waals surface area contributed by atoms with Gasteiger partial charge in [-0.2, -0.15) is 0 Å². The summed E-state index contributed by atoms with van der Waals surface area (Å²) in [7, 11) is 0. The van der Waals surface area contributed by atoms with Crippen molar-refractivity contribution in [3.63, 3.8) is 0 Å². The summed E-state index contributed by atoms with van der Waals surface area (Å²) in [6.45, 7) is 0. The van der Waals surface area contributed by atoms with E-state index in [1.165, 1.54) is 18.2 Å². The largest absolute Gasteiger partial charge is 0.456 e. The van der Waals surface area contributed by atoms with Crippen molar-refractivity contribution in [1.29, 1.82) is 0 Å². The average Bonchev–Trinajstić information content (AvgIpc) is 2.69. The molecule has 1 heterocycles. The first-order chi connectivity index (χ1) is 13.5. The van der Waals surface area contributed by atoms with Gasteiger partial charge in [-0.05, 0) is 66.7 Å². The molecule has 4 rings (SSSR count). The zero-order valence-electron chi connectivity index (χ0n) is 14.4. The van der Waals surface area contributed by atoms with Gasteiger partial charge in [-0.25, -0.2) is 4.39 Å². The standard InChI is InChI=1S/C22H13ClFNO3/c23-15-5-1-14(2-6-15)22(27)25-17-9-10-20-18(11-17)19(26)12-21(28-20)13-3-7-16(24)8-4-13/h1-12H,(H,25,27). The van der Waals surface area contributed by atoms with Gasteiger partial charge in [0.2, 0.25) is 0 Å². The lowest BCUT2D eigenvalue weighted by molar-refractivity contribution is 0.102. The lowest BCUT2D eigenvalue weighted by Gasteiger charge is -2.07. The van der Waals surface area contributed by atoms with Gasteiger partial charge >= 0.3 is 0 Å². The topological polar surface area (TPSA) is 59.3 Å². The van der Waals surface area contributed by atoms with E-state index in [1.807, 2.05) is 0 Å². The van der Waals surface area contributed by atoms with Crippen LogP contribution in [0, 0.1) is 5.82 Å². The van der Waals surface area contributed by atoms with Crippen LogP contribution in [0.1, 0.15) is 10.4 Å². The monoisotopic (exact) mass is 393 g/mol. The second-order valence-electron chi connectivity index (χ2n) is 6.15. The Morgan fingerprint density at radius 2 is 1.64 bits per heavy atom. The number of amides is 1. The molecule has 1 amide bonds. The van der Waals surface area contributed by atoms with Gasteiger partial charge in [0, 0.05) is 27.9 Å². The molecule has 0 aliphatic rings. The molecule has 4 nitrogen and oxygen atoms in total. The molecule has 0 aliphatic heterocycles. The zero-order chi connectivity index (χ0) is 19.7. The van der Waals surface area contributed by atoms with E-state index in [4.69, 9.17) is 16.0 Å². The van der Waals surface area contributed by atoms with E-state index < -0.39 is 0 Å². The number of hydrogen-bond donors (Lipinski definition) is 1. The summed E-state index contributed by atoms with van der Waals surface area (Å²) in [5, 5.41) is 3.62. The predicted octanol–water partition coefficient (Wildman–Crippen LogP) is 5.50. The van der Waals surface area contributed by atoms with Crippen LogP contribution in [0.2, 0.25) is 5.02 Å². The summed E-state index contributed by atoms with van der Waals surface area (Å²) in [5.41, 5.74) is 1.62. The van der Waals surface area contributed by atoms with E-state index >= 15 is 0 Å². The van der Waals surface area contributed by atoms with Crippen molar-refractivity contribution in [3.05, 3.63) is 99.4 Å². The maximum absolute atomic E-state index is 13.1. The first-order valence-corrected chi connectivity index (χ1v) is 8.78. The molecule has 3 aromatic carbocycles. The van der Waals surface area contributed by atoms with Crippen molar-refractivity contribution in [1.82, 2.24) is 0 Å². The fourth-order valence-electron chi connectivity index (χ4n) is 2.79. The normalized spacial score (nSPS) is 10.8. The number of anilines is 1. The van der Waals surface area contributed by atoms with Crippen molar-refractivity contribution in [2.24, 2.45) is 0 Å². The van der Waals surface area contributed by atoms with Crippen molar-refractivity contribution in [2.75, 3.05) is 5.32 Å². The highest BCUT2D eigenvalue weighted by atomic mass is 35.5. The van der Waals surface area contributed by atoms with Crippen LogP contribution in [-0.2, 0) is 0 Å². The van der Waals surface area contributed by atoms with Crippen molar-refractivity contribution in [3.8, 4) is 11.3 Å². The molecule has 0 spiro atoms. The Morgan fingerprint density at radius 3 is 2.36 bits per heavy atom. The third-order valence-corrected chi connectivity index (χ3v) is 4.47. The van der Waals surface area contributed by atoms with Crippen LogP contribution in [0.5, 0.6) is 0 Å². The number of benzene rings is 3. The number of carbonyl (C=O) groups excluding carboxylic acids is 1. The minimum atomic E-state index is -0.368. The molecule has 0 fully saturated rings. The number of fused-ring (bicyclic) bond motifs is 1. The fraction of sp³-hybridized carbons (Fsp3) is 0. The van der Waals surface area contributed by atoms with E-state index in [-0.39, 0.29) is 17.2 Å². The zero-order valence-corrected chi connectivity index (χ0v) is 15.2. The Hall–Kier alpha value is -3.44. The minimum absolute atomic E-state index is 0.261. The van der Waals surface area contributed by atoms with E-state index in [0.29, 0.717) is 38.6 Å². The van der Waals surface area contributed by atoms with Gasteiger partial charge in [0.1, 0.15) is 17.2 Å². The Labute approximate surface area is 164 Å². The highest BCUT2D eigenvalue weighted by Crippen LogP contribution is 2.24. The number of hydrogen-bond acceptors (Lipinski definition) is 3. The first-order valence-electron chi connectivity index (χ1n) is 8.40. The van der Waals surface area contributed by atoms with E-state index in [9.17, 15) is 14.0 Å². The lowest BCUT2D eigenvalue weighted by Crippen LogP contribution is -2.12. The predicted molar refractivity (Wildman–Crippen MR) is 107 cm³/mol. The molecule has 4 aromatic rings. The lowest BCUT2D eigenvalue weighted by atomic mass is 10.1. The van der Waals surface area contributed by atoms with Gasteiger partial charge in [-0.1, -0.05) is 11.6 Å². The summed E-state index contributed by atoms with van der Waals surface area (Å²) >= 11 is 5.83. The molecule has 1 aromatic heterocycles. The second-order valence-corrected chi connectivity index (χ2v) is 6.59. The van der Waals surface area contributed by atoms with Gasteiger partial charge < -0.3 is 9.73 Å². The van der Waals surface area contributed by atoms with Gasteiger partial charge in [0.05, 0.1) is 5.39 Å². The molecule has 0 radical (unpaired) electrons. The third kappa shape index (κ3) is 3.66. The first kappa shape index (κ1) is 17.9. The quantitative estimate of drug-likeness (QED) is 0.499. The molecule has 0 unspecified atom stereocenters. The van der Waals surface area contributed by atoms with Gasteiger partial charge in [-0.3, -0.25) is 9.59 Å². The van der Waals surface area contributed by atoms with Gasteiger partial charge in [0.15, 0.2) is 5.43 Å². The number of rotatable bonds is 3. The van der Waals surface area contributed by atoms with Crippen LogP contribution < -0.4 is 10.7 Å². The SMILES string of the molecule is O=C(Nc1ccc2oc(-c3ccc(F)cc3)cc(=O)c2c1)c1ccc(Cl)cc1. The van der Waals surface area contributed by atoms with Crippen molar-refractivity contribution in [2.45, 2.75) is 0 Å². The van der Waals surface area contributed by atoms with Crippen LogP contribution in [0.25, 0.3) is 22.3 Å². The van der Waals surface area contributed by atoms with Crippen molar-refractivity contribution < 1.29 is 13.6 Å². The minimum Gasteiger partial charge on any atom is -0.456 e. The Bertz CT molecular complexity index is 1230. The summed E-state index contributed by atoms with van der Waals surface area (Å²) < 4.78 is 18.9. The Balaban J connectivity index is 1.66. The maximum atomic E-state index is 13.1. The van der Waals surface area contributed by atoms with E-state index in [0.717, 1.165) is 0 Å². The molecule has 1 N–H and O–H groups in total. The molecule has 0 aliphatic carbocycles. The maximum Gasteiger partial charge on any atom is 0.255 e.